The van der Waals surface area contributed by atoms with Gasteiger partial charge < -0.3 is 15.4 Å². The van der Waals surface area contributed by atoms with Crippen LogP contribution >= 0.6 is 0 Å². The number of anilines is 2. The first kappa shape index (κ1) is 16.1. The Bertz CT molecular complexity index is 485. The number of aromatic nitrogens is 2. The first-order valence-corrected chi connectivity index (χ1v) is 5.93. The van der Waals surface area contributed by atoms with E-state index in [1.165, 1.54) is 23.7 Å². The van der Waals surface area contributed by atoms with Crippen LogP contribution in [0.2, 0.25) is 0 Å². The van der Waals surface area contributed by atoms with Crippen molar-refractivity contribution in [1.29, 1.82) is 0 Å². The summed E-state index contributed by atoms with van der Waals surface area (Å²) in [7, 11) is 2.59. The molecule has 1 aromatic heterocycles. The minimum Gasteiger partial charge on any atom is -0.465 e. The van der Waals surface area contributed by atoms with Crippen molar-refractivity contribution in [3.05, 3.63) is 5.56 Å². The maximum Gasteiger partial charge on any atom is 0.390 e. The van der Waals surface area contributed by atoms with E-state index in [4.69, 9.17) is 5.73 Å². The Morgan fingerprint density at radius 1 is 1.50 bits per heavy atom. The zero-order chi connectivity index (χ0) is 15.5. The molecule has 0 spiro atoms. The van der Waals surface area contributed by atoms with E-state index in [1.807, 2.05) is 0 Å². The predicted molar refractivity (Wildman–Crippen MR) is 67.6 cm³/mol. The molecule has 0 saturated carbocycles. The number of carbonyl (C=O) groups excluding carboxylic acids is 1. The lowest BCUT2D eigenvalue weighted by atomic mass is 10.2. The highest BCUT2D eigenvalue weighted by Gasteiger charge is 2.30. The van der Waals surface area contributed by atoms with Crippen LogP contribution in [0, 0.1) is 0 Å². The van der Waals surface area contributed by atoms with Gasteiger partial charge >= 0.3 is 12.1 Å². The van der Waals surface area contributed by atoms with Gasteiger partial charge in [-0.25, -0.2) is 9.48 Å². The van der Waals surface area contributed by atoms with Crippen molar-refractivity contribution in [2.45, 2.75) is 26.1 Å². The standard InChI is InChI=1S/C11H17F3N4O2/c1-4-18-8(15)7(10(19)20-3)9(16-18)17(2)6-5-11(12,13)14/h4-6,15H2,1-3H3. The predicted octanol–water partition coefficient (Wildman–Crippen LogP) is 1.66. The van der Waals surface area contributed by atoms with E-state index in [9.17, 15) is 18.0 Å². The quantitative estimate of drug-likeness (QED) is 0.836. The topological polar surface area (TPSA) is 73.4 Å². The molecule has 0 bridgehead atoms. The molecule has 0 atom stereocenters. The third kappa shape index (κ3) is 3.55. The number of halogens is 3. The van der Waals surface area contributed by atoms with Crippen LogP contribution < -0.4 is 10.6 Å². The summed E-state index contributed by atoms with van der Waals surface area (Å²) < 4.78 is 42.6. The van der Waals surface area contributed by atoms with Crippen LogP contribution in [0.5, 0.6) is 0 Å². The van der Waals surface area contributed by atoms with Gasteiger partial charge in [-0.3, -0.25) is 0 Å². The summed E-state index contributed by atoms with van der Waals surface area (Å²) in [5.41, 5.74) is 5.75. The van der Waals surface area contributed by atoms with Crippen molar-refractivity contribution < 1.29 is 22.7 Å². The Balaban J connectivity index is 3.06. The highest BCUT2D eigenvalue weighted by Crippen LogP contribution is 2.27. The minimum atomic E-state index is -4.28. The van der Waals surface area contributed by atoms with Crippen molar-refractivity contribution in [3.63, 3.8) is 0 Å². The second-order valence-electron chi connectivity index (χ2n) is 4.18. The molecule has 1 aromatic rings. The van der Waals surface area contributed by atoms with E-state index in [0.29, 0.717) is 6.54 Å². The van der Waals surface area contributed by atoms with E-state index < -0.39 is 18.6 Å². The Morgan fingerprint density at radius 2 is 2.10 bits per heavy atom. The van der Waals surface area contributed by atoms with Crippen LogP contribution in [0.25, 0.3) is 0 Å². The molecule has 0 aromatic carbocycles. The molecule has 1 rings (SSSR count). The van der Waals surface area contributed by atoms with E-state index in [-0.39, 0.29) is 23.7 Å². The summed E-state index contributed by atoms with van der Waals surface area (Å²) in [6.07, 6.45) is -5.29. The molecule has 0 saturated heterocycles. The molecule has 0 fully saturated rings. The summed E-state index contributed by atoms with van der Waals surface area (Å²) >= 11 is 0. The normalized spacial score (nSPS) is 11.5. The largest absolute Gasteiger partial charge is 0.465 e. The van der Waals surface area contributed by atoms with Gasteiger partial charge in [0.2, 0.25) is 0 Å². The molecular weight excluding hydrogens is 277 g/mol. The number of carbonyl (C=O) groups is 1. The smallest absolute Gasteiger partial charge is 0.390 e. The second kappa shape index (κ2) is 6.02. The van der Waals surface area contributed by atoms with E-state index >= 15 is 0 Å². The van der Waals surface area contributed by atoms with Gasteiger partial charge in [0.25, 0.3) is 0 Å². The number of alkyl halides is 3. The summed E-state index contributed by atoms with van der Waals surface area (Å²) in [6.45, 7) is 1.82. The fourth-order valence-electron chi connectivity index (χ4n) is 1.67. The average molecular weight is 294 g/mol. The number of methoxy groups -OCH3 is 1. The van der Waals surface area contributed by atoms with E-state index in [2.05, 4.69) is 9.84 Å². The van der Waals surface area contributed by atoms with Gasteiger partial charge in [0.15, 0.2) is 5.82 Å². The molecule has 0 radical (unpaired) electrons. The number of esters is 1. The van der Waals surface area contributed by atoms with Gasteiger partial charge in [0.1, 0.15) is 11.4 Å². The maximum atomic E-state index is 12.2. The first-order valence-electron chi connectivity index (χ1n) is 5.93. The lowest BCUT2D eigenvalue weighted by molar-refractivity contribution is -0.132. The van der Waals surface area contributed by atoms with Crippen LogP contribution in [0.15, 0.2) is 0 Å². The molecule has 2 N–H and O–H groups in total. The van der Waals surface area contributed by atoms with Crippen molar-refractivity contribution in [2.75, 3.05) is 31.3 Å². The lowest BCUT2D eigenvalue weighted by Gasteiger charge is -2.18. The average Bonchev–Trinajstić information content (AvgIpc) is 2.71. The van der Waals surface area contributed by atoms with Gasteiger partial charge in [-0.2, -0.15) is 18.3 Å². The maximum absolute atomic E-state index is 12.2. The second-order valence-corrected chi connectivity index (χ2v) is 4.18. The lowest BCUT2D eigenvalue weighted by Crippen LogP contribution is -2.26. The minimum absolute atomic E-state index is 0.0148. The molecule has 114 valence electrons. The van der Waals surface area contributed by atoms with Crippen LogP contribution in [-0.2, 0) is 11.3 Å². The van der Waals surface area contributed by atoms with Gasteiger partial charge in [-0.05, 0) is 6.92 Å². The molecule has 1 heterocycles. The number of hydrogen-bond acceptors (Lipinski definition) is 5. The fraction of sp³-hybridized carbons (Fsp3) is 0.636. The summed E-state index contributed by atoms with van der Waals surface area (Å²) in [4.78, 5) is 12.9. The van der Waals surface area contributed by atoms with Crippen LogP contribution in [0.1, 0.15) is 23.7 Å². The molecule has 20 heavy (non-hydrogen) atoms. The third-order valence-electron chi connectivity index (χ3n) is 2.75. The van der Waals surface area contributed by atoms with E-state index in [1.54, 1.807) is 6.92 Å². The number of rotatable bonds is 5. The zero-order valence-electron chi connectivity index (χ0n) is 11.5. The number of nitrogens with zero attached hydrogens (tertiary/aromatic N) is 3. The third-order valence-corrected chi connectivity index (χ3v) is 2.75. The van der Waals surface area contributed by atoms with Gasteiger partial charge in [0.05, 0.1) is 13.5 Å². The highest BCUT2D eigenvalue weighted by atomic mass is 19.4. The molecule has 0 amide bonds. The number of nitrogens with two attached hydrogens (primary N) is 1. The SMILES string of the molecule is CCn1nc(N(C)CCC(F)(F)F)c(C(=O)OC)c1N. The molecule has 0 aliphatic heterocycles. The molecule has 0 unspecified atom stereocenters. The Hall–Kier alpha value is -1.93. The zero-order valence-corrected chi connectivity index (χ0v) is 11.5. The molecule has 0 aliphatic carbocycles. The monoisotopic (exact) mass is 294 g/mol. The highest BCUT2D eigenvalue weighted by molar-refractivity contribution is 5.99. The number of aryl methyl sites for hydroxylation is 1. The van der Waals surface area contributed by atoms with Gasteiger partial charge in [-0.15, -0.1) is 0 Å². The van der Waals surface area contributed by atoms with Crippen LogP contribution in [0.4, 0.5) is 24.8 Å². The van der Waals surface area contributed by atoms with Gasteiger partial charge in [0, 0.05) is 20.1 Å². The van der Waals surface area contributed by atoms with Crippen molar-refractivity contribution in [1.82, 2.24) is 9.78 Å². The Kier molecular flexibility index (Phi) is 4.85. The Morgan fingerprint density at radius 3 is 2.55 bits per heavy atom. The number of hydrogen-bond donors (Lipinski definition) is 1. The summed E-state index contributed by atoms with van der Waals surface area (Å²) in [6, 6.07) is 0. The fourth-order valence-corrected chi connectivity index (χ4v) is 1.67. The summed E-state index contributed by atoms with van der Waals surface area (Å²) in [5.74, 6) is -0.565. The first-order chi connectivity index (χ1) is 9.21. The molecule has 0 aliphatic rings. The molecular formula is C11H17F3N4O2. The van der Waals surface area contributed by atoms with Crippen molar-refractivity contribution in [2.24, 2.45) is 0 Å². The molecule has 6 nitrogen and oxygen atoms in total. The number of ether oxygens (including phenoxy) is 1. The van der Waals surface area contributed by atoms with E-state index in [0.717, 1.165) is 0 Å². The van der Waals surface area contributed by atoms with Crippen molar-refractivity contribution in [3.8, 4) is 0 Å². The number of nitrogen functional groups attached to an aromatic ring is 1. The van der Waals surface area contributed by atoms with Crippen LogP contribution in [0.3, 0.4) is 0 Å². The Labute approximate surface area is 114 Å². The van der Waals surface area contributed by atoms with Crippen LogP contribution in [-0.4, -0.2) is 42.6 Å². The summed E-state index contributed by atoms with van der Waals surface area (Å²) in [5, 5.41) is 4.05. The van der Waals surface area contributed by atoms with Crippen molar-refractivity contribution >= 4 is 17.6 Å². The van der Waals surface area contributed by atoms with Gasteiger partial charge in [-0.1, -0.05) is 0 Å². The molecule has 9 heteroatoms.